The Morgan fingerprint density at radius 3 is 3.10 bits per heavy atom. The van der Waals surface area contributed by atoms with Gasteiger partial charge in [-0.1, -0.05) is 31.5 Å². The fourth-order valence-electron chi connectivity index (χ4n) is 3.40. The van der Waals surface area contributed by atoms with Gasteiger partial charge in [0.2, 0.25) is 0 Å². The summed E-state index contributed by atoms with van der Waals surface area (Å²) >= 11 is 0. The quantitative estimate of drug-likeness (QED) is 0.872. The number of rotatable bonds is 2. The Morgan fingerprint density at radius 2 is 2.25 bits per heavy atom. The molecule has 1 saturated heterocycles. The number of nitrogens with one attached hydrogen (secondary N) is 1. The van der Waals surface area contributed by atoms with Crippen LogP contribution in [-0.2, 0) is 15.1 Å². The van der Waals surface area contributed by atoms with Crippen molar-refractivity contribution in [3.8, 4) is 0 Å². The van der Waals surface area contributed by atoms with Crippen LogP contribution in [0.4, 0.5) is 5.69 Å². The second kappa shape index (κ2) is 5.72. The zero-order chi connectivity index (χ0) is 14.0. The molecule has 1 aromatic rings. The largest absolute Gasteiger partial charge is 0.393 e. The summed E-state index contributed by atoms with van der Waals surface area (Å²) in [4.78, 5) is 0. The van der Waals surface area contributed by atoms with Gasteiger partial charge in [-0.2, -0.15) is 0 Å². The minimum atomic E-state index is -0.516. The summed E-state index contributed by atoms with van der Waals surface area (Å²) in [5, 5.41) is 13.6. The number of aliphatic hydroxyl groups is 1. The zero-order valence-electron chi connectivity index (χ0n) is 12.0. The van der Waals surface area contributed by atoms with Crippen LogP contribution < -0.4 is 5.32 Å². The van der Waals surface area contributed by atoms with Crippen molar-refractivity contribution in [2.75, 3.05) is 18.7 Å². The Balaban J connectivity index is 1.96. The molecule has 0 aliphatic carbocycles. The molecule has 0 saturated carbocycles. The van der Waals surface area contributed by atoms with Gasteiger partial charge in [-0.05, 0) is 18.9 Å². The summed E-state index contributed by atoms with van der Waals surface area (Å²) in [6.45, 7) is 3.13. The van der Waals surface area contributed by atoms with Crippen molar-refractivity contribution in [3.05, 3.63) is 29.8 Å². The van der Waals surface area contributed by atoms with Gasteiger partial charge >= 0.3 is 0 Å². The predicted octanol–water partition coefficient (Wildman–Crippen LogP) is 2.62. The van der Waals surface area contributed by atoms with Gasteiger partial charge in [-0.3, -0.25) is 0 Å². The monoisotopic (exact) mass is 277 g/mol. The summed E-state index contributed by atoms with van der Waals surface area (Å²) in [6.07, 6.45) is 3.16. The van der Waals surface area contributed by atoms with Crippen LogP contribution in [0.1, 0.15) is 38.2 Å². The SMILES string of the molecule is CCCC1CC(O)CC2(COCNc3ccccc32)O1. The first-order valence-corrected chi connectivity index (χ1v) is 7.50. The smallest absolute Gasteiger partial charge is 0.121 e. The minimum absolute atomic E-state index is 0.110. The number of ether oxygens (including phenoxy) is 2. The Hall–Kier alpha value is -1.10. The summed E-state index contributed by atoms with van der Waals surface area (Å²) in [6, 6.07) is 8.16. The van der Waals surface area contributed by atoms with E-state index in [4.69, 9.17) is 9.47 Å². The third kappa shape index (κ3) is 2.55. The second-order valence-electron chi connectivity index (χ2n) is 5.83. The molecule has 0 amide bonds. The van der Waals surface area contributed by atoms with Gasteiger partial charge in [0.1, 0.15) is 12.3 Å². The molecule has 2 aliphatic heterocycles. The molecule has 3 unspecified atom stereocenters. The van der Waals surface area contributed by atoms with Crippen LogP contribution in [0.15, 0.2) is 24.3 Å². The van der Waals surface area contributed by atoms with Crippen LogP contribution in [0.5, 0.6) is 0 Å². The maximum absolute atomic E-state index is 10.3. The van der Waals surface area contributed by atoms with Crippen molar-refractivity contribution in [1.29, 1.82) is 0 Å². The average Bonchev–Trinajstić information content (AvgIpc) is 2.59. The number of fused-ring (bicyclic) bond motifs is 2. The zero-order valence-corrected chi connectivity index (χ0v) is 12.0. The molecule has 3 rings (SSSR count). The maximum atomic E-state index is 10.3. The van der Waals surface area contributed by atoms with Crippen LogP contribution in [0.3, 0.4) is 0 Å². The molecule has 0 aromatic heterocycles. The number of para-hydroxylation sites is 1. The first kappa shape index (κ1) is 13.9. The first-order chi connectivity index (χ1) is 9.73. The molecule has 1 spiro atoms. The lowest BCUT2D eigenvalue weighted by Gasteiger charge is -2.43. The van der Waals surface area contributed by atoms with Crippen LogP contribution >= 0.6 is 0 Å². The standard InChI is InChI=1S/C16H23NO3/c1-2-5-13-8-12(18)9-16(20-13)10-19-11-17-15-7-4-3-6-14(15)16/h3-4,6-7,12-13,17-18H,2,5,8-11H2,1H3. The average molecular weight is 277 g/mol. The molecule has 0 radical (unpaired) electrons. The second-order valence-corrected chi connectivity index (χ2v) is 5.83. The molecular formula is C16H23NO3. The molecule has 2 heterocycles. The Kier molecular flexibility index (Phi) is 3.96. The van der Waals surface area contributed by atoms with E-state index in [0.717, 1.165) is 30.5 Å². The van der Waals surface area contributed by atoms with Crippen molar-refractivity contribution in [3.63, 3.8) is 0 Å². The van der Waals surface area contributed by atoms with Crippen molar-refractivity contribution in [2.24, 2.45) is 0 Å². The number of anilines is 1. The van der Waals surface area contributed by atoms with Gasteiger partial charge in [0.05, 0.1) is 18.8 Å². The van der Waals surface area contributed by atoms with Crippen LogP contribution in [-0.4, -0.2) is 30.7 Å². The van der Waals surface area contributed by atoms with E-state index in [9.17, 15) is 5.11 Å². The predicted molar refractivity (Wildman–Crippen MR) is 77.6 cm³/mol. The fourth-order valence-corrected chi connectivity index (χ4v) is 3.40. The van der Waals surface area contributed by atoms with Gasteiger partial charge in [0.25, 0.3) is 0 Å². The highest BCUT2D eigenvalue weighted by Gasteiger charge is 2.44. The van der Waals surface area contributed by atoms with E-state index in [0.29, 0.717) is 19.8 Å². The highest BCUT2D eigenvalue weighted by molar-refractivity contribution is 5.54. The van der Waals surface area contributed by atoms with E-state index < -0.39 is 5.60 Å². The van der Waals surface area contributed by atoms with Gasteiger partial charge in [0.15, 0.2) is 0 Å². The number of hydrogen-bond donors (Lipinski definition) is 2. The van der Waals surface area contributed by atoms with E-state index >= 15 is 0 Å². The first-order valence-electron chi connectivity index (χ1n) is 7.50. The fraction of sp³-hybridized carbons (Fsp3) is 0.625. The van der Waals surface area contributed by atoms with Crippen LogP contribution in [0, 0.1) is 0 Å². The topological polar surface area (TPSA) is 50.7 Å². The highest BCUT2D eigenvalue weighted by Crippen LogP contribution is 2.43. The summed E-state index contributed by atoms with van der Waals surface area (Å²) in [5.74, 6) is 0. The Bertz CT molecular complexity index is 465. The van der Waals surface area contributed by atoms with Gasteiger partial charge in [-0.15, -0.1) is 0 Å². The molecule has 1 fully saturated rings. The van der Waals surface area contributed by atoms with E-state index in [1.807, 2.05) is 18.2 Å². The lowest BCUT2D eigenvalue weighted by molar-refractivity contribution is -0.192. The van der Waals surface area contributed by atoms with E-state index in [1.54, 1.807) is 0 Å². The third-order valence-corrected chi connectivity index (χ3v) is 4.22. The molecule has 2 aliphatic rings. The van der Waals surface area contributed by atoms with Gasteiger partial charge in [0, 0.05) is 17.7 Å². The lowest BCUT2D eigenvalue weighted by Crippen LogP contribution is -2.46. The molecule has 4 nitrogen and oxygen atoms in total. The van der Waals surface area contributed by atoms with Gasteiger partial charge in [-0.25, -0.2) is 0 Å². The van der Waals surface area contributed by atoms with Gasteiger partial charge < -0.3 is 19.9 Å². The molecule has 4 heteroatoms. The number of hydrogen-bond acceptors (Lipinski definition) is 4. The van der Waals surface area contributed by atoms with Crippen molar-refractivity contribution >= 4 is 5.69 Å². The lowest BCUT2D eigenvalue weighted by atomic mass is 9.82. The highest BCUT2D eigenvalue weighted by atomic mass is 16.6. The van der Waals surface area contributed by atoms with Crippen molar-refractivity contribution in [2.45, 2.75) is 50.4 Å². The van der Waals surface area contributed by atoms with Crippen molar-refractivity contribution < 1.29 is 14.6 Å². The minimum Gasteiger partial charge on any atom is -0.393 e. The summed E-state index contributed by atoms with van der Waals surface area (Å²) in [7, 11) is 0. The molecule has 0 bridgehead atoms. The maximum Gasteiger partial charge on any atom is 0.121 e. The number of aliphatic hydroxyl groups excluding tert-OH is 1. The molecule has 1 aromatic carbocycles. The number of benzene rings is 1. The Morgan fingerprint density at radius 1 is 1.40 bits per heavy atom. The van der Waals surface area contributed by atoms with E-state index in [2.05, 4.69) is 18.3 Å². The molecular weight excluding hydrogens is 254 g/mol. The third-order valence-electron chi connectivity index (χ3n) is 4.22. The van der Waals surface area contributed by atoms with E-state index in [-0.39, 0.29) is 12.2 Å². The Labute approximate surface area is 120 Å². The van der Waals surface area contributed by atoms with Crippen molar-refractivity contribution in [1.82, 2.24) is 0 Å². The molecule has 110 valence electrons. The normalized spacial score (nSPS) is 33.3. The summed E-state index contributed by atoms with van der Waals surface area (Å²) < 4.78 is 12.1. The molecule has 3 atom stereocenters. The molecule has 2 N–H and O–H groups in total. The van der Waals surface area contributed by atoms with E-state index in [1.165, 1.54) is 0 Å². The van der Waals surface area contributed by atoms with Crippen LogP contribution in [0.2, 0.25) is 0 Å². The molecule has 20 heavy (non-hydrogen) atoms. The van der Waals surface area contributed by atoms with Crippen LogP contribution in [0.25, 0.3) is 0 Å². The summed E-state index contributed by atoms with van der Waals surface area (Å²) in [5.41, 5.74) is 1.64.